The third-order valence-electron chi connectivity index (χ3n) is 5.26. The van der Waals surface area contributed by atoms with Crippen molar-refractivity contribution in [1.29, 1.82) is 0 Å². The van der Waals surface area contributed by atoms with Crippen molar-refractivity contribution in [3.63, 3.8) is 0 Å². The van der Waals surface area contributed by atoms with Crippen LogP contribution < -0.4 is 10.3 Å². The number of ether oxygens (including phenoxy) is 4. The summed E-state index contributed by atoms with van der Waals surface area (Å²) >= 11 is 6.24. The fourth-order valence-corrected chi connectivity index (χ4v) is 4.43. The summed E-state index contributed by atoms with van der Waals surface area (Å²) in [6.45, 7) is 0.185. The summed E-state index contributed by atoms with van der Waals surface area (Å²) in [5.74, 6) is -0.297. The van der Waals surface area contributed by atoms with Crippen molar-refractivity contribution in [1.82, 2.24) is 9.55 Å². The van der Waals surface area contributed by atoms with E-state index in [2.05, 4.69) is 4.98 Å². The van der Waals surface area contributed by atoms with E-state index in [0.717, 1.165) is 25.7 Å². The standard InChI is InChI=1S/C15H17ClN2O5/c16-7-14-8-20-13-17-9(19)3-6-18(13)12(23-14)10-11(14)22-15(21-10)4-1-2-5-15/h3,6,10-12H,1-2,4-5,7-8H2/t10-,11+,12?,14-/m1/s1. The molecule has 1 aliphatic carbocycles. The van der Waals surface area contributed by atoms with Gasteiger partial charge in [0.1, 0.15) is 24.4 Å². The molecule has 1 aromatic rings. The largest absolute Gasteiger partial charge is 0.461 e. The van der Waals surface area contributed by atoms with E-state index in [1.54, 1.807) is 10.8 Å². The van der Waals surface area contributed by atoms with Gasteiger partial charge in [-0.25, -0.2) is 0 Å². The second-order valence-corrected chi connectivity index (χ2v) is 6.96. The van der Waals surface area contributed by atoms with Crippen LogP contribution in [0.15, 0.2) is 17.1 Å². The average molecular weight is 341 g/mol. The van der Waals surface area contributed by atoms with Crippen LogP contribution >= 0.6 is 11.6 Å². The van der Waals surface area contributed by atoms with Crippen LogP contribution in [-0.2, 0) is 14.2 Å². The van der Waals surface area contributed by atoms with Gasteiger partial charge >= 0.3 is 6.01 Å². The SMILES string of the molecule is O=c1ccn2c(n1)OC[C@@]1(CCl)OC2[C@@H]2OC3(CCCC3)O[C@@H]21. The lowest BCUT2D eigenvalue weighted by molar-refractivity contribution is -0.229. The van der Waals surface area contributed by atoms with Gasteiger partial charge in [-0.1, -0.05) is 0 Å². The summed E-state index contributed by atoms with van der Waals surface area (Å²) in [5, 5.41) is 0. The average Bonchev–Trinajstić information content (AvgIpc) is 3.19. The van der Waals surface area contributed by atoms with Gasteiger partial charge in [0.05, 0.1) is 5.88 Å². The molecule has 3 fully saturated rings. The molecule has 2 bridgehead atoms. The first kappa shape index (κ1) is 14.2. The zero-order valence-electron chi connectivity index (χ0n) is 12.4. The predicted molar refractivity (Wildman–Crippen MR) is 78.5 cm³/mol. The number of alkyl halides is 1. The maximum atomic E-state index is 11.5. The normalized spacial score (nSPS) is 39.8. The Morgan fingerprint density at radius 2 is 2.13 bits per heavy atom. The molecule has 1 saturated carbocycles. The van der Waals surface area contributed by atoms with E-state index < -0.39 is 17.6 Å². The lowest BCUT2D eigenvalue weighted by Crippen LogP contribution is -2.50. The van der Waals surface area contributed by atoms with Crippen LogP contribution in [-0.4, -0.2) is 45.6 Å². The van der Waals surface area contributed by atoms with Crippen LogP contribution in [0.25, 0.3) is 0 Å². The molecule has 2 saturated heterocycles. The van der Waals surface area contributed by atoms with E-state index in [9.17, 15) is 4.79 Å². The summed E-state index contributed by atoms with van der Waals surface area (Å²) in [7, 11) is 0. The minimum atomic E-state index is -0.792. The van der Waals surface area contributed by atoms with Gasteiger partial charge in [0.25, 0.3) is 5.56 Å². The highest BCUT2D eigenvalue weighted by Crippen LogP contribution is 2.54. The molecule has 4 aliphatic rings. The third-order valence-corrected chi connectivity index (χ3v) is 5.71. The molecule has 0 N–H and O–H groups in total. The van der Waals surface area contributed by atoms with Crippen LogP contribution in [0, 0.1) is 0 Å². The molecule has 124 valence electrons. The lowest BCUT2D eigenvalue weighted by atomic mass is 9.98. The summed E-state index contributed by atoms with van der Waals surface area (Å²) in [5.41, 5.74) is -1.14. The van der Waals surface area contributed by atoms with Gasteiger partial charge in [-0.3, -0.25) is 9.36 Å². The van der Waals surface area contributed by atoms with E-state index in [-0.39, 0.29) is 36.3 Å². The second kappa shape index (κ2) is 4.69. The Bertz CT molecular complexity index is 703. The van der Waals surface area contributed by atoms with E-state index in [1.165, 1.54) is 6.07 Å². The molecule has 1 spiro atoms. The van der Waals surface area contributed by atoms with Crippen molar-refractivity contribution in [3.8, 4) is 6.01 Å². The van der Waals surface area contributed by atoms with Gasteiger partial charge in [0.2, 0.25) is 0 Å². The first-order chi connectivity index (χ1) is 11.1. The number of hydrogen-bond acceptors (Lipinski definition) is 6. The summed E-state index contributed by atoms with van der Waals surface area (Å²) < 4.78 is 26.3. The Morgan fingerprint density at radius 1 is 1.30 bits per heavy atom. The molecule has 8 heteroatoms. The second-order valence-electron chi connectivity index (χ2n) is 6.69. The van der Waals surface area contributed by atoms with E-state index >= 15 is 0 Å². The van der Waals surface area contributed by atoms with Crippen LogP contribution in [0.2, 0.25) is 0 Å². The van der Waals surface area contributed by atoms with Gasteiger partial charge in [-0.15, -0.1) is 11.6 Å². The molecule has 0 radical (unpaired) electrons. The summed E-state index contributed by atoms with van der Waals surface area (Å²) in [6.07, 6.45) is 4.59. The molecule has 1 unspecified atom stereocenters. The first-order valence-electron chi connectivity index (χ1n) is 7.96. The van der Waals surface area contributed by atoms with Crippen molar-refractivity contribution < 1.29 is 18.9 Å². The van der Waals surface area contributed by atoms with Gasteiger partial charge in [0, 0.05) is 25.1 Å². The molecule has 0 amide bonds. The van der Waals surface area contributed by atoms with E-state index in [0.29, 0.717) is 0 Å². The molecule has 5 rings (SSSR count). The van der Waals surface area contributed by atoms with Crippen LogP contribution in [0.3, 0.4) is 0 Å². The Labute approximate surface area is 137 Å². The van der Waals surface area contributed by atoms with Crippen molar-refractivity contribution in [2.24, 2.45) is 0 Å². The maximum absolute atomic E-state index is 11.5. The number of aromatic nitrogens is 2. The molecule has 3 aliphatic heterocycles. The maximum Gasteiger partial charge on any atom is 0.302 e. The fourth-order valence-electron chi connectivity index (χ4n) is 4.14. The van der Waals surface area contributed by atoms with Crippen molar-refractivity contribution in [3.05, 3.63) is 22.6 Å². The monoisotopic (exact) mass is 340 g/mol. The Hall–Kier alpha value is -1.15. The fraction of sp³-hybridized carbons (Fsp3) is 0.733. The molecule has 4 atom stereocenters. The van der Waals surface area contributed by atoms with Crippen LogP contribution in [0.4, 0.5) is 0 Å². The summed E-state index contributed by atoms with van der Waals surface area (Å²) in [6, 6.07) is 1.63. The van der Waals surface area contributed by atoms with E-state index in [4.69, 9.17) is 30.5 Å². The molecule has 0 aromatic carbocycles. The quantitative estimate of drug-likeness (QED) is 0.715. The highest BCUT2D eigenvalue weighted by atomic mass is 35.5. The summed E-state index contributed by atoms with van der Waals surface area (Å²) in [4.78, 5) is 15.4. The Morgan fingerprint density at radius 3 is 2.91 bits per heavy atom. The van der Waals surface area contributed by atoms with Crippen LogP contribution in [0.5, 0.6) is 6.01 Å². The number of nitrogens with zero attached hydrogens (tertiary/aromatic N) is 2. The topological polar surface area (TPSA) is 71.8 Å². The van der Waals surface area contributed by atoms with Crippen molar-refractivity contribution in [2.45, 2.75) is 55.5 Å². The Kier molecular flexibility index (Phi) is 2.90. The Balaban J connectivity index is 1.60. The van der Waals surface area contributed by atoms with Crippen LogP contribution in [0.1, 0.15) is 31.9 Å². The van der Waals surface area contributed by atoms with Gasteiger partial charge in [-0.2, -0.15) is 4.98 Å². The predicted octanol–water partition coefficient (Wildman–Crippen LogP) is 1.20. The number of fused-ring (bicyclic) bond motifs is 7. The van der Waals surface area contributed by atoms with Gasteiger partial charge in [-0.05, 0) is 12.8 Å². The number of halogens is 1. The van der Waals surface area contributed by atoms with Crippen molar-refractivity contribution >= 4 is 11.6 Å². The number of hydrogen-bond donors (Lipinski definition) is 0. The minimum Gasteiger partial charge on any atom is -0.461 e. The molecule has 23 heavy (non-hydrogen) atoms. The molecular weight excluding hydrogens is 324 g/mol. The molecular formula is C15H17ClN2O5. The highest BCUT2D eigenvalue weighted by molar-refractivity contribution is 6.18. The third kappa shape index (κ3) is 1.88. The smallest absolute Gasteiger partial charge is 0.302 e. The van der Waals surface area contributed by atoms with Crippen molar-refractivity contribution in [2.75, 3.05) is 12.5 Å². The molecule has 1 aromatic heterocycles. The van der Waals surface area contributed by atoms with Gasteiger partial charge < -0.3 is 18.9 Å². The lowest BCUT2D eigenvalue weighted by Gasteiger charge is -2.31. The highest BCUT2D eigenvalue weighted by Gasteiger charge is 2.66. The number of rotatable bonds is 1. The molecule has 7 nitrogen and oxygen atoms in total. The zero-order chi connectivity index (χ0) is 15.7. The zero-order valence-corrected chi connectivity index (χ0v) is 13.2. The first-order valence-corrected chi connectivity index (χ1v) is 8.50. The molecule has 4 heterocycles. The van der Waals surface area contributed by atoms with E-state index in [1.807, 2.05) is 0 Å². The minimum absolute atomic E-state index is 0.185. The van der Waals surface area contributed by atoms with Gasteiger partial charge in [0.15, 0.2) is 12.0 Å².